The van der Waals surface area contributed by atoms with Crippen molar-refractivity contribution in [2.75, 3.05) is 22.6 Å². The number of anilines is 2. The summed E-state index contributed by atoms with van der Waals surface area (Å²) in [5.74, 6) is 2.27. The molecule has 18 heavy (non-hydrogen) atoms. The Morgan fingerprint density at radius 1 is 1.67 bits per heavy atom. The standard InChI is InChI=1S/C10H17N5O2S/c1-3-18-5-4-7(2)13-9-8(15(16)17)6-12-10(11)14-9/h6-7H,3-5H2,1-2H3,(H3,11,12,13,14). The third-order valence-corrected chi connectivity index (χ3v) is 3.20. The fraction of sp³-hybridized carbons (Fsp3) is 0.600. The molecule has 3 N–H and O–H groups in total. The van der Waals surface area contributed by atoms with Gasteiger partial charge in [0.1, 0.15) is 6.20 Å². The third kappa shape index (κ3) is 4.36. The number of aromatic nitrogens is 2. The Balaban J connectivity index is 2.70. The van der Waals surface area contributed by atoms with Crippen LogP contribution in [-0.4, -0.2) is 32.4 Å². The van der Waals surface area contributed by atoms with E-state index in [4.69, 9.17) is 5.73 Å². The number of hydrogen-bond donors (Lipinski definition) is 2. The molecule has 100 valence electrons. The SMILES string of the molecule is CCSCCC(C)Nc1nc(N)ncc1[N+](=O)[O-]. The van der Waals surface area contributed by atoms with E-state index in [0.29, 0.717) is 0 Å². The van der Waals surface area contributed by atoms with Crippen LogP contribution in [0.4, 0.5) is 17.5 Å². The molecule has 0 amide bonds. The minimum Gasteiger partial charge on any atom is -0.368 e. The van der Waals surface area contributed by atoms with Crippen LogP contribution in [0.1, 0.15) is 20.3 Å². The first kappa shape index (κ1) is 14.5. The molecule has 0 spiro atoms. The molecule has 0 aliphatic carbocycles. The monoisotopic (exact) mass is 271 g/mol. The van der Waals surface area contributed by atoms with Crippen LogP contribution in [0.25, 0.3) is 0 Å². The van der Waals surface area contributed by atoms with Gasteiger partial charge in [0, 0.05) is 6.04 Å². The largest absolute Gasteiger partial charge is 0.368 e. The Morgan fingerprint density at radius 3 is 3.00 bits per heavy atom. The number of nitrogens with one attached hydrogen (secondary N) is 1. The molecule has 1 rings (SSSR count). The topological polar surface area (TPSA) is 107 Å². The maximum atomic E-state index is 10.8. The number of nitrogen functional groups attached to an aromatic ring is 1. The smallest absolute Gasteiger partial charge is 0.329 e. The van der Waals surface area contributed by atoms with Crippen molar-refractivity contribution in [3.8, 4) is 0 Å². The number of nitrogens with two attached hydrogens (primary N) is 1. The van der Waals surface area contributed by atoms with Crippen molar-refractivity contribution in [2.24, 2.45) is 0 Å². The van der Waals surface area contributed by atoms with Gasteiger partial charge in [-0.2, -0.15) is 16.7 Å². The summed E-state index contributed by atoms with van der Waals surface area (Å²) in [5, 5.41) is 13.8. The van der Waals surface area contributed by atoms with E-state index in [1.807, 2.05) is 18.7 Å². The highest BCUT2D eigenvalue weighted by atomic mass is 32.2. The molecule has 7 nitrogen and oxygen atoms in total. The van der Waals surface area contributed by atoms with Crippen molar-refractivity contribution in [2.45, 2.75) is 26.3 Å². The third-order valence-electron chi connectivity index (χ3n) is 2.27. The molecular formula is C10H17N5O2S. The van der Waals surface area contributed by atoms with E-state index in [9.17, 15) is 10.1 Å². The highest BCUT2D eigenvalue weighted by Crippen LogP contribution is 2.22. The lowest BCUT2D eigenvalue weighted by molar-refractivity contribution is -0.384. The fourth-order valence-electron chi connectivity index (χ4n) is 1.34. The quantitative estimate of drug-likeness (QED) is 0.443. The molecule has 1 aromatic rings. The van der Waals surface area contributed by atoms with Gasteiger partial charge < -0.3 is 11.1 Å². The molecule has 0 aliphatic rings. The number of hydrogen-bond acceptors (Lipinski definition) is 7. The van der Waals surface area contributed by atoms with E-state index < -0.39 is 4.92 Å². The van der Waals surface area contributed by atoms with E-state index in [2.05, 4.69) is 22.2 Å². The van der Waals surface area contributed by atoms with E-state index in [1.165, 1.54) is 0 Å². The van der Waals surface area contributed by atoms with Gasteiger partial charge in [-0.1, -0.05) is 6.92 Å². The molecule has 1 atom stereocenters. The molecule has 0 fully saturated rings. The number of nitro groups is 1. The molecule has 0 radical (unpaired) electrons. The summed E-state index contributed by atoms with van der Waals surface area (Å²) in [6.45, 7) is 4.05. The second-order valence-electron chi connectivity index (χ2n) is 3.75. The van der Waals surface area contributed by atoms with Gasteiger partial charge in [0.15, 0.2) is 0 Å². The summed E-state index contributed by atoms with van der Waals surface area (Å²) in [7, 11) is 0. The summed E-state index contributed by atoms with van der Waals surface area (Å²) in [4.78, 5) is 17.8. The molecule has 0 saturated heterocycles. The van der Waals surface area contributed by atoms with Gasteiger partial charge in [0.25, 0.3) is 0 Å². The van der Waals surface area contributed by atoms with Crippen LogP contribution >= 0.6 is 11.8 Å². The summed E-state index contributed by atoms with van der Waals surface area (Å²) >= 11 is 1.83. The van der Waals surface area contributed by atoms with Gasteiger partial charge in [0.05, 0.1) is 4.92 Å². The van der Waals surface area contributed by atoms with E-state index in [1.54, 1.807) is 0 Å². The molecule has 0 aliphatic heterocycles. The Bertz CT molecular complexity index is 415. The van der Waals surface area contributed by atoms with Crippen LogP contribution in [0.5, 0.6) is 0 Å². The molecular weight excluding hydrogens is 254 g/mol. The van der Waals surface area contributed by atoms with Gasteiger partial charge in [-0.05, 0) is 24.9 Å². The van der Waals surface area contributed by atoms with Crippen LogP contribution in [0.2, 0.25) is 0 Å². The Kier molecular flexibility index (Phi) is 5.63. The molecule has 1 heterocycles. The minimum absolute atomic E-state index is 0.0261. The normalized spacial score (nSPS) is 12.1. The highest BCUT2D eigenvalue weighted by Gasteiger charge is 2.18. The summed E-state index contributed by atoms with van der Waals surface area (Å²) in [5.41, 5.74) is 5.28. The average Bonchev–Trinajstić information content (AvgIpc) is 2.29. The fourth-order valence-corrected chi connectivity index (χ4v) is 2.15. The highest BCUT2D eigenvalue weighted by molar-refractivity contribution is 7.99. The summed E-state index contributed by atoms with van der Waals surface area (Å²) < 4.78 is 0. The molecule has 1 unspecified atom stereocenters. The van der Waals surface area contributed by atoms with Crippen LogP contribution in [0.3, 0.4) is 0 Å². The summed E-state index contributed by atoms with van der Waals surface area (Å²) in [6.07, 6.45) is 2.03. The lowest BCUT2D eigenvalue weighted by atomic mass is 10.2. The maximum absolute atomic E-state index is 10.8. The molecule has 0 aromatic carbocycles. The van der Waals surface area contributed by atoms with E-state index >= 15 is 0 Å². The zero-order valence-corrected chi connectivity index (χ0v) is 11.2. The first-order valence-corrected chi connectivity index (χ1v) is 6.81. The zero-order valence-electron chi connectivity index (χ0n) is 10.4. The van der Waals surface area contributed by atoms with Crippen LogP contribution < -0.4 is 11.1 Å². The maximum Gasteiger partial charge on any atom is 0.329 e. The van der Waals surface area contributed by atoms with Crippen molar-refractivity contribution in [1.82, 2.24) is 9.97 Å². The van der Waals surface area contributed by atoms with Crippen molar-refractivity contribution in [3.63, 3.8) is 0 Å². The van der Waals surface area contributed by atoms with Crippen LogP contribution in [0.15, 0.2) is 6.20 Å². The molecule has 0 bridgehead atoms. The summed E-state index contributed by atoms with van der Waals surface area (Å²) in [6, 6.07) is 0.0945. The Morgan fingerprint density at radius 2 is 2.39 bits per heavy atom. The lowest BCUT2D eigenvalue weighted by Crippen LogP contribution is -2.18. The van der Waals surface area contributed by atoms with E-state index in [0.717, 1.165) is 24.1 Å². The van der Waals surface area contributed by atoms with Crippen LogP contribution in [0, 0.1) is 10.1 Å². The first-order chi connectivity index (χ1) is 8.54. The van der Waals surface area contributed by atoms with Gasteiger partial charge in [0.2, 0.25) is 11.8 Å². The number of thioether (sulfide) groups is 1. The van der Waals surface area contributed by atoms with Gasteiger partial charge in [-0.3, -0.25) is 10.1 Å². The molecule has 0 saturated carbocycles. The van der Waals surface area contributed by atoms with Gasteiger partial charge in [-0.15, -0.1) is 0 Å². The van der Waals surface area contributed by atoms with Gasteiger partial charge >= 0.3 is 5.69 Å². The van der Waals surface area contributed by atoms with Crippen molar-refractivity contribution < 1.29 is 4.92 Å². The second kappa shape index (κ2) is 7.00. The first-order valence-electron chi connectivity index (χ1n) is 5.65. The second-order valence-corrected chi connectivity index (χ2v) is 5.14. The van der Waals surface area contributed by atoms with E-state index in [-0.39, 0.29) is 23.5 Å². The van der Waals surface area contributed by atoms with Crippen molar-refractivity contribution in [3.05, 3.63) is 16.3 Å². The average molecular weight is 271 g/mol. The predicted molar refractivity (Wildman–Crippen MR) is 73.8 cm³/mol. The van der Waals surface area contributed by atoms with Gasteiger partial charge in [-0.25, -0.2) is 4.98 Å². The van der Waals surface area contributed by atoms with Crippen molar-refractivity contribution >= 4 is 29.2 Å². The minimum atomic E-state index is -0.519. The number of rotatable bonds is 7. The molecule has 1 aromatic heterocycles. The van der Waals surface area contributed by atoms with Crippen molar-refractivity contribution in [1.29, 1.82) is 0 Å². The predicted octanol–water partition coefficient (Wildman–Crippen LogP) is 1.91. The Hall–Kier alpha value is -1.57. The lowest BCUT2D eigenvalue weighted by Gasteiger charge is -2.13. The number of nitrogens with zero attached hydrogens (tertiary/aromatic N) is 3. The molecule has 8 heteroatoms. The zero-order chi connectivity index (χ0) is 13.5. The Labute approximate surface area is 110 Å². The van der Waals surface area contributed by atoms with Crippen LogP contribution in [-0.2, 0) is 0 Å².